The van der Waals surface area contributed by atoms with Crippen LogP contribution >= 0.6 is 0 Å². The van der Waals surface area contributed by atoms with Gasteiger partial charge in [0, 0.05) is 24.2 Å². The highest BCUT2D eigenvalue weighted by Gasteiger charge is 2.19. The normalized spacial score (nSPS) is 14.2. The lowest BCUT2D eigenvalue weighted by molar-refractivity contribution is -0.119. The second-order valence-corrected chi connectivity index (χ2v) is 6.44. The molecule has 1 saturated heterocycles. The highest BCUT2D eigenvalue weighted by atomic mass is 16.5. The van der Waals surface area contributed by atoms with Crippen molar-refractivity contribution in [2.75, 3.05) is 23.4 Å². The van der Waals surface area contributed by atoms with Gasteiger partial charge in [-0.3, -0.25) is 9.59 Å². The molecule has 0 radical (unpaired) electrons. The highest BCUT2D eigenvalue weighted by Crippen LogP contribution is 2.27. The number of nitrogens with zero attached hydrogens (tertiary/aromatic N) is 1. The average molecular weight is 352 g/mol. The number of rotatable bonds is 5. The molecular weight excluding hydrogens is 328 g/mol. The summed E-state index contributed by atoms with van der Waals surface area (Å²) in [7, 11) is 0. The summed E-state index contributed by atoms with van der Waals surface area (Å²) in [6.45, 7) is 5.17. The third-order valence-electron chi connectivity index (χ3n) is 4.45. The van der Waals surface area contributed by atoms with E-state index in [4.69, 9.17) is 4.74 Å². The predicted molar refractivity (Wildman–Crippen MR) is 103 cm³/mol. The van der Waals surface area contributed by atoms with Crippen molar-refractivity contribution in [3.8, 4) is 5.75 Å². The number of carbonyl (C=O) groups is 2. The van der Waals surface area contributed by atoms with Gasteiger partial charge in [0.2, 0.25) is 5.91 Å². The lowest BCUT2D eigenvalue weighted by atomic mass is 10.1. The first-order chi connectivity index (χ1) is 12.6. The van der Waals surface area contributed by atoms with Crippen molar-refractivity contribution in [1.82, 2.24) is 0 Å². The van der Waals surface area contributed by atoms with Gasteiger partial charge in [0.05, 0.1) is 12.3 Å². The molecule has 2 aromatic carbocycles. The monoisotopic (exact) mass is 352 g/mol. The summed E-state index contributed by atoms with van der Waals surface area (Å²) < 4.78 is 5.61. The van der Waals surface area contributed by atoms with Crippen molar-refractivity contribution in [2.45, 2.75) is 33.1 Å². The van der Waals surface area contributed by atoms with Crippen LogP contribution in [0.25, 0.3) is 0 Å². The van der Waals surface area contributed by atoms with Crippen LogP contribution in [-0.4, -0.2) is 25.0 Å². The maximum Gasteiger partial charge on any atom is 0.255 e. The van der Waals surface area contributed by atoms with Crippen molar-refractivity contribution in [1.29, 1.82) is 0 Å². The van der Waals surface area contributed by atoms with Crippen LogP contribution in [0.5, 0.6) is 5.75 Å². The number of benzene rings is 2. The van der Waals surface area contributed by atoms with E-state index in [-0.39, 0.29) is 11.8 Å². The fourth-order valence-corrected chi connectivity index (χ4v) is 3.07. The van der Waals surface area contributed by atoms with E-state index in [1.165, 1.54) is 0 Å². The largest absolute Gasteiger partial charge is 0.492 e. The average Bonchev–Trinajstić information content (AvgIpc) is 2.65. The van der Waals surface area contributed by atoms with Crippen LogP contribution in [0.15, 0.2) is 42.5 Å². The molecule has 1 N–H and O–H groups in total. The van der Waals surface area contributed by atoms with Gasteiger partial charge in [0.1, 0.15) is 5.75 Å². The van der Waals surface area contributed by atoms with Gasteiger partial charge in [-0.1, -0.05) is 6.07 Å². The van der Waals surface area contributed by atoms with Crippen LogP contribution < -0.4 is 15.0 Å². The zero-order chi connectivity index (χ0) is 18.5. The van der Waals surface area contributed by atoms with E-state index in [1.54, 1.807) is 17.0 Å². The number of amides is 2. The van der Waals surface area contributed by atoms with E-state index in [0.29, 0.717) is 30.0 Å². The molecule has 0 atom stereocenters. The first kappa shape index (κ1) is 18.0. The van der Waals surface area contributed by atoms with Gasteiger partial charge in [0.15, 0.2) is 0 Å². The molecule has 1 heterocycles. The van der Waals surface area contributed by atoms with Gasteiger partial charge >= 0.3 is 0 Å². The second kappa shape index (κ2) is 8.04. The van der Waals surface area contributed by atoms with E-state index < -0.39 is 0 Å². The summed E-state index contributed by atoms with van der Waals surface area (Å²) in [6, 6.07) is 12.8. The number of hydrogen-bond donors (Lipinski definition) is 1. The molecule has 1 aliphatic heterocycles. The number of anilines is 2. The van der Waals surface area contributed by atoms with Crippen molar-refractivity contribution >= 4 is 23.2 Å². The fraction of sp³-hybridized carbons (Fsp3) is 0.333. The zero-order valence-electron chi connectivity index (χ0n) is 15.2. The van der Waals surface area contributed by atoms with E-state index in [2.05, 4.69) is 5.32 Å². The predicted octanol–water partition coefficient (Wildman–Crippen LogP) is 4.16. The molecular formula is C21H24N2O3. The molecule has 5 heteroatoms. The molecule has 0 aliphatic carbocycles. The number of nitrogens with one attached hydrogen (secondary N) is 1. The Labute approximate surface area is 154 Å². The van der Waals surface area contributed by atoms with E-state index >= 15 is 0 Å². The minimum Gasteiger partial charge on any atom is -0.492 e. The third-order valence-corrected chi connectivity index (χ3v) is 4.45. The maximum absolute atomic E-state index is 12.6. The molecule has 0 spiro atoms. The summed E-state index contributed by atoms with van der Waals surface area (Å²) in [5, 5.41) is 2.90. The minimum absolute atomic E-state index is 0.148. The van der Waals surface area contributed by atoms with Crippen molar-refractivity contribution in [3.63, 3.8) is 0 Å². The lowest BCUT2D eigenvalue weighted by Crippen LogP contribution is -2.35. The summed E-state index contributed by atoms with van der Waals surface area (Å²) in [5.41, 5.74) is 3.11. The molecule has 0 aromatic heterocycles. The molecule has 3 rings (SSSR count). The number of carbonyl (C=O) groups excluding carboxylic acids is 2. The Kier molecular flexibility index (Phi) is 5.56. The van der Waals surface area contributed by atoms with Crippen LogP contribution in [-0.2, 0) is 4.79 Å². The first-order valence-corrected chi connectivity index (χ1v) is 9.03. The van der Waals surface area contributed by atoms with Gasteiger partial charge in [0.25, 0.3) is 5.91 Å². The minimum atomic E-state index is -0.202. The van der Waals surface area contributed by atoms with Gasteiger partial charge < -0.3 is 15.0 Å². The van der Waals surface area contributed by atoms with E-state index in [0.717, 1.165) is 30.6 Å². The lowest BCUT2D eigenvalue weighted by Gasteiger charge is -2.26. The molecule has 2 amide bonds. The van der Waals surface area contributed by atoms with Crippen molar-refractivity contribution < 1.29 is 14.3 Å². The Morgan fingerprint density at radius 1 is 1.15 bits per heavy atom. The fourth-order valence-electron chi connectivity index (χ4n) is 3.07. The Morgan fingerprint density at radius 3 is 2.62 bits per heavy atom. The number of piperidine rings is 1. The molecule has 0 saturated carbocycles. The summed E-state index contributed by atoms with van der Waals surface area (Å²) in [5.74, 6) is 0.608. The smallest absolute Gasteiger partial charge is 0.255 e. The van der Waals surface area contributed by atoms with Crippen LogP contribution in [0.1, 0.15) is 42.1 Å². The standard InChI is InChI=1S/C21H24N2O3/c1-3-26-19-14-15(2)7-12-18(19)22-21(25)16-8-10-17(11-9-16)23-13-5-4-6-20(23)24/h7-12,14H,3-6,13H2,1-2H3,(H,22,25). The van der Waals surface area contributed by atoms with E-state index in [9.17, 15) is 9.59 Å². The van der Waals surface area contributed by atoms with Crippen LogP contribution in [0.2, 0.25) is 0 Å². The molecule has 2 aromatic rings. The zero-order valence-corrected chi connectivity index (χ0v) is 15.2. The summed E-state index contributed by atoms with van der Waals surface area (Å²) >= 11 is 0. The molecule has 5 nitrogen and oxygen atoms in total. The van der Waals surface area contributed by atoms with Gasteiger partial charge in [-0.05, 0) is 68.7 Å². The SMILES string of the molecule is CCOc1cc(C)ccc1NC(=O)c1ccc(N2CCCCC2=O)cc1. The van der Waals surface area contributed by atoms with Gasteiger partial charge in [-0.2, -0.15) is 0 Å². The summed E-state index contributed by atoms with van der Waals surface area (Å²) in [6.07, 6.45) is 2.56. The molecule has 26 heavy (non-hydrogen) atoms. The molecule has 0 unspecified atom stereocenters. The third kappa shape index (κ3) is 4.04. The summed E-state index contributed by atoms with van der Waals surface area (Å²) in [4.78, 5) is 26.4. The molecule has 0 bridgehead atoms. The van der Waals surface area contributed by atoms with E-state index in [1.807, 2.05) is 44.2 Å². The second-order valence-electron chi connectivity index (χ2n) is 6.44. The number of hydrogen-bond acceptors (Lipinski definition) is 3. The number of ether oxygens (including phenoxy) is 1. The number of aryl methyl sites for hydroxylation is 1. The molecule has 1 fully saturated rings. The highest BCUT2D eigenvalue weighted by molar-refractivity contribution is 6.05. The maximum atomic E-state index is 12.6. The van der Waals surface area contributed by atoms with Gasteiger partial charge in [-0.25, -0.2) is 0 Å². The Bertz CT molecular complexity index is 799. The van der Waals surface area contributed by atoms with Crippen LogP contribution in [0, 0.1) is 6.92 Å². The first-order valence-electron chi connectivity index (χ1n) is 9.03. The van der Waals surface area contributed by atoms with Crippen LogP contribution in [0.4, 0.5) is 11.4 Å². The van der Waals surface area contributed by atoms with Crippen molar-refractivity contribution in [2.24, 2.45) is 0 Å². The van der Waals surface area contributed by atoms with Crippen molar-refractivity contribution in [3.05, 3.63) is 53.6 Å². The molecule has 1 aliphatic rings. The van der Waals surface area contributed by atoms with Gasteiger partial charge in [-0.15, -0.1) is 0 Å². The Morgan fingerprint density at radius 2 is 1.92 bits per heavy atom. The molecule has 136 valence electrons. The topological polar surface area (TPSA) is 58.6 Å². The Balaban J connectivity index is 1.73. The van der Waals surface area contributed by atoms with Crippen LogP contribution in [0.3, 0.4) is 0 Å². The quantitative estimate of drug-likeness (QED) is 0.879. The Hall–Kier alpha value is -2.82.